The lowest BCUT2D eigenvalue weighted by Crippen LogP contribution is -2.29. The zero-order valence-electron chi connectivity index (χ0n) is 12.3. The summed E-state index contributed by atoms with van der Waals surface area (Å²) in [5.41, 5.74) is 2.68. The maximum absolute atomic E-state index is 6.09. The van der Waals surface area contributed by atoms with Crippen LogP contribution in [0, 0.1) is 6.92 Å². The summed E-state index contributed by atoms with van der Waals surface area (Å²) in [6.45, 7) is 8.50. The maximum atomic E-state index is 6.09. The van der Waals surface area contributed by atoms with Crippen LogP contribution in [-0.2, 0) is 0 Å². The Balaban J connectivity index is 2.33. The van der Waals surface area contributed by atoms with Gasteiger partial charge in [0.25, 0.3) is 0 Å². The first-order valence-electron chi connectivity index (χ1n) is 6.54. The quantitative estimate of drug-likeness (QED) is 0.635. The third kappa shape index (κ3) is 3.99. The van der Waals surface area contributed by atoms with Crippen LogP contribution in [0.25, 0.3) is 0 Å². The average molecular weight is 285 g/mol. The van der Waals surface area contributed by atoms with Gasteiger partial charge in [0.1, 0.15) is 11.4 Å². The number of aromatic nitrogens is 2. The van der Waals surface area contributed by atoms with Gasteiger partial charge in [-0.3, -0.25) is 15.0 Å². The first-order valence-corrected chi connectivity index (χ1v) is 9.95. The summed E-state index contributed by atoms with van der Waals surface area (Å²) in [6, 6.07) is 5.99. The molecular weight excluding hydrogens is 266 g/mol. The van der Waals surface area contributed by atoms with Crippen LogP contribution in [0.1, 0.15) is 11.3 Å². The molecule has 0 N–H and O–H groups in total. The summed E-state index contributed by atoms with van der Waals surface area (Å²) in [5, 5.41) is 0. The van der Waals surface area contributed by atoms with Crippen LogP contribution in [0.15, 0.2) is 41.8 Å². The third-order valence-corrected chi connectivity index (χ3v) is 3.36. The van der Waals surface area contributed by atoms with Crippen molar-refractivity contribution >= 4 is 20.2 Å². The molecule has 0 amide bonds. The van der Waals surface area contributed by atoms with Crippen molar-refractivity contribution in [3.63, 3.8) is 0 Å². The molecule has 0 saturated heterocycles. The number of aryl methyl sites for hydroxylation is 1. The molecule has 1 aromatic heterocycles. The van der Waals surface area contributed by atoms with Crippen molar-refractivity contribution in [2.24, 2.45) is 4.99 Å². The fourth-order valence-corrected chi connectivity index (χ4v) is 2.54. The Labute approximate surface area is 120 Å². The molecule has 20 heavy (non-hydrogen) atoms. The second-order valence-electron chi connectivity index (χ2n) is 5.52. The molecule has 0 spiro atoms. The normalized spacial score (nSPS) is 11.8. The van der Waals surface area contributed by atoms with Gasteiger partial charge < -0.3 is 4.43 Å². The number of rotatable bonds is 4. The van der Waals surface area contributed by atoms with Crippen molar-refractivity contribution in [2.45, 2.75) is 26.6 Å². The Morgan fingerprint density at radius 1 is 1.20 bits per heavy atom. The SMILES string of the molecule is Cc1cccc(O[Si](C)(C)C)c1/N=C/c1cnccn1. The van der Waals surface area contributed by atoms with Gasteiger partial charge in [-0.05, 0) is 38.2 Å². The summed E-state index contributed by atoms with van der Waals surface area (Å²) >= 11 is 0. The van der Waals surface area contributed by atoms with E-state index in [2.05, 4.69) is 34.6 Å². The molecule has 0 unspecified atom stereocenters. The second kappa shape index (κ2) is 5.96. The van der Waals surface area contributed by atoms with Gasteiger partial charge in [-0.1, -0.05) is 12.1 Å². The zero-order chi connectivity index (χ0) is 14.6. The van der Waals surface area contributed by atoms with Gasteiger partial charge >= 0.3 is 0 Å². The van der Waals surface area contributed by atoms with Crippen molar-refractivity contribution in [2.75, 3.05) is 0 Å². The number of nitrogens with zero attached hydrogens (tertiary/aromatic N) is 3. The van der Waals surface area contributed by atoms with Crippen LogP contribution in [-0.4, -0.2) is 24.5 Å². The molecule has 0 saturated carbocycles. The predicted molar refractivity (Wildman–Crippen MR) is 84.4 cm³/mol. The van der Waals surface area contributed by atoms with Crippen LogP contribution >= 0.6 is 0 Å². The molecule has 0 aliphatic carbocycles. The molecule has 1 heterocycles. The Bertz CT molecular complexity index is 606. The molecule has 104 valence electrons. The maximum Gasteiger partial charge on any atom is 0.242 e. The smallest absolute Gasteiger partial charge is 0.242 e. The predicted octanol–water partition coefficient (Wildman–Crippen LogP) is 3.75. The van der Waals surface area contributed by atoms with Crippen molar-refractivity contribution < 1.29 is 4.43 Å². The minimum atomic E-state index is -1.66. The highest BCUT2D eigenvalue weighted by atomic mass is 28.4. The lowest BCUT2D eigenvalue weighted by molar-refractivity contribution is 0.558. The number of benzene rings is 1. The van der Waals surface area contributed by atoms with Crippen LogP contribution in [0.2, 0.25) is 19.6 Å². The Hall–Kier alpha value is -2.01. The topological polar surface area (TPSA) is 47.4 Å². The van der Waals surface area contributed by atoms with Crippen LogP contribution < -0.4 is 4.43 Å². The highest BCUT2D eigenvalue weighted by Gasteiger charge is 2.18. The lowest BCUT2D eigenvalue weighted by atomic mass is 10.2. The van der Waals surface area contributed by atoms with Gasteiger partial charge in [0.15, 0.2) is 0 Å². The first kappa shape index (κ1) is 14.4. The van der Waals surface area contributed by atoms with Crippen molar-refractivity contribution in [3.05, 3.63) is 48.0 Å². The summed E-state index contributed by atoms with van der Waals surface area (Å²) in [6.07, 6.45) is 6.69. The fraction of sp³-hybridized carbons (Fsp3) is 0.267. The second-order valence-corrected chi connectivity index (χ2v) is 9.95. The molecule has 1 aromatic carbocycles. The van der Waals surface area contributed by atoms with E-state index in [-0.39, 0.29) is 0 Å². The van der Waals surface area contributed by atoms with E-state index in [9.17, 15) is 0 Å². The highest BCUT2D eigenvalue weighted by Crippen LogP contribution is 2.32. The van der Waals surface area contributed by atoms with Gasteiger partial charge in [-0.25, -0.2) is 0 Å². The molecule has 0 bridgehead atoms. The van der Waals surface area contributed by atoms with Gasteiger partial charge in [0, 0.05) is 12.4 Å². The first-order chi connectivity index (χ1) is 9.46. The molecule has 5 heteroatoms. The molecule has 0 atom stereocenters. The van der Waals surface area contributed by atoms with Crippen molar-refractivity contribution in [1.82, 2.24) is 9.97 Å². The highest BCUT2D eigenvalue weighted by molar-refractivity contribution is 6.70. The van der Waals surface area contributed by atoms with Gasteiger partial charge in [0.2, 0.25) is 8.32 Å². The van der Waals surface area contributed by atoms with Crippen molar-refractivity contribution in [3.8, 4) is 5.75 Å². The lowest BCUT2D eigenvalue weighted by Gasteiger charge is -2.21. The Kier molecular flexibility index (Phi) is 4.29. The third-order valence-electron chi connectivity index (χ3n) is 2.53. The van der Waals surface area contributed by atoms with E-state index >= 15 is 0 Å². The van der Waals surface area contributed by atoms with E-state index in [0.717, 1.165) is 22.7 Å². The summed E-state index contributed by atoms with van der Waals surface area (Å²) in [7, 11) is -1.66. The summed E-state index contributed by atoms with van der Waals surface area (Å²) in [4.78, 5) is 12.7. The molecule has 0 aliphatic heterocycles. The van der Waals surface area contributed by atoms with E-state index in [4.69, 9.17) is 4.43 Å². The van der Waals surface area contributed by atoms with E-state index in [1.807, 2.05) is 25.1 Å². The van der Waals surface area contributed by atoms with E-state index in [1.54, 1.807) is 24.8 Å². The Morgan fingerprint density at radius 3 is 2.65 bits per heavy atom. The molecule has 2 rings (SSSR count). The molecule has 2 aromatic rings. The average Bonchev–Trinajstić information content (AvgIpc) is 2.37. The van der Waals surface area contributed by atoms with Crippen LogP contribution in [0.5, 0.6) is 5.75 Å². The largest absolute Gasteiger partial charge is 0.543 e. The van der Waals surface area contributed by atoms with E-state index in [1.165, 1.54) is 0 Å². The summed E-state index contributed by atoms with van der Waals surface area (Å²) < 4.78 is 6.09. The molecular formula is C15H19N3OSi. The molecule has 0 radical (unpaired) electrons. The van der Waals surface area contributed by atoms with Gasteiger partial charge in [-0.2, -0.15) is 0 Å². The number of hydrogen-bond acceptors (Lipinski definition) is 4. The molecule has 0 fully saturated rings. The number of aliphatic imine (C=N–C) groups is 1. The minimum absolute atomic E-state index is 0.731. The van der Waals surface area contributed by atoms with Gasteiger partial charge in [0.05, 0.1) is 18.1 Å². The van der Waals surface area contributed by atoms with E-state index in [0.29, 0.717) is 0 Å². The monoisotopic (exact) mass is 285 g/mol. The molecule has 4 nitrogen and oxygen atoms in total. The van der Waals surface area contributed by atoms with Crippen LogP contribution in [0.4, 0.5) is 5.69 Å². The fourth-order valence-electron chi connectivity index (χ4n) is 1.72. The summed E-state index contributed by atoms with van der Waals surface area (Å²) in [5.74, 6) is 0.837. The Morgan fingerprint density at radius 2 is 2.00 bits per heavy atom. The zero-order valence-corrected chi connectivity index (χ0v) is 13.3. The number of para-hydroxylation sites is 1. The van der Waals surface area contributed by atoms with Crippen molar-refractivity contribution in [1.29, 1.82) is 0 Å². The van der Waals surface area contributed by atoms with Crippen LogP contribution in [0.3, 0.4) is 0 Å². The van der Waals surface area contributed by atoms with Gasteiger partial charge in [-0.15, -0.1) is 0 Å². The minimum Gasteiger partial charge on any atom is -0.543 e. The van der Waals surface area contributed by atoms with E-state index < -0.39 is 8.32 Å². The molecule has 0 aliphatic rings. The standard InChI is InChI=1S/C15H19N3OSi/c1-12-6-5-7-14(19-20(2,3)4)15(12)18-11-13-10-16-8-9-17-13/h5-11H,1-4H3/b18-11+. The number of hydrogen-bond donors (Lipinski definition) is 0.